The lowest BCUT2D eigenvalue weighted by molar-refractivity contribution is 0.0950. The van der Waals surface area contributed by atoms with Crippen LogP contribution >= 0.6 is 0 Å². The van der Waals surface area contributed by atoms with E-state index in [2.05, 4.69) is 15.3 Å². The van der Waals surface area contributed by atoms with Crippen LogP contribution in [0.2, 0.25) is 0 Å². The molecular weight excluding hydrogens is 226 g/mol. The van der Waals surface area contributed by atoms with Crippen molar-refractivity contribution in [3.05, 3.63) is 59.2 Å². The predicted molar refractivity (Wildman–Crippen MR) is 69.1 cm³/mol. The fourth-order valence-corrected chi connectivity index (χ4v) is 1.66. The van der Waals surface area contributed by atoms with Gasteiger partial charge in [0.15, 0.2) is 0 Å². The summed E-state index contributed by atoms with van der Waals surface area (Å²) in [5.74, 6) is -0.0742. The van der Waals surface area contributed by atoms with E-state index in [4.69, 9.17) is 0 Å². The van der Waals surface area contributed by atoms with Gasteiger partial charge in [0.25, 0.3) is 5.91 Å². The fraction of sp³-hybridized carbons (Fsp3) is 0.214. The quantitative estimate of drug-likeness (QED) is 0.894. The van der Waals surface area contributed by atoms with Crippen molar-refractivity contribution >= 4 is 5.91 Å². The summed E-state index contributed by atoms with van der Waals surface area (Å²) in [6.07, 6.45) is 5.08. The van der Waals surface area contributed by atoms with Gasteiger partial charge in [-0.3, -0.25) is 14.8 Å². The van der Waals surface area contributed by atoms with Gasteiger partial charge < -0.3 is 5.32 Å². The van der Waals surface area contributed by atoms with Crippen LogP contribution in [0.15, 0.2) is 36.8 Å². The van der Waals surface area contributed by atoms with Crippen LogP contribution in [0.25, 0.3) is 0 Å². The second-order valence-electron chi connectivity index (χ2n) is 4.11. The van der Waals surface area contributed by atoms with Gasteiger partial charge in [0.2, 0.25) is 0 Å². The highest BCUT2D eigenvalue weighted by molar-refractivity contribution is 5.95. The van der Waals surface area contributed by atoms with Crippen LogP contribution < -0.4 is 5.32 Å². The number of carbonyl (C=O) groups excluding carboxylic acids is 1. The molecule has 0 aliphatic heterocycles. The van der Waals surface area contributed by atoms with Crippen LogP contribution in [0.3, 0.4) is 0 Å². The first-order valence-corrected chi connectivity index (χ1v) is 5.78. The lowest BCUT2D eigenvalue weighted by Gasteiger charge is -2.08. The second-order valence-corrected chi connectivity index (χ2v) is 4.11. The second kappa shape index (κ2) is 5.40. The van der Waals surface area contributed by atoms with E-state index in [0.717, 1.165) is 16.8 Å². The molecule has 0 unspecified atom stereocenters. The summed E-state index contributed by atoms with van der Waals surface area (Å²) in [5.41, 5.74) is 3.51. The van der Waals surface area contributed by atoms with Gasteiger partial charge in [-0.05, 0) is 43.2 Å². The summed E-state index contributed by atoms with van der Waals surface area (Å²) in [7, 11) is 0. The molecule has 0 saturated carbocycles. The Labute approximate surface area is 106 Å². The highest BCUT2D eigenvalue weighted by atomic mass is 16.1. The minimum atomic E-state index is -0.0742. The van der Waals surface area contributed by atoms with Crippen molar-refractivity contribution in [2.45, 2.75) is 20.4 Å². The van der Waals surface area contributed by atoms with Gasteiger partial charge in [0, 0.05) is 36.4 Å². The van der Waals surface area contributed by atoms with Gasteiger partial charge in [-0.2, -0.15) is 0 Å². The van der Waals surface area contributed by atoms with Crippen LogP contribution in [0.5, 0.6) is 0 Å². The number of hydrogen-bond acceptors (Lipinski definition) is 3. The molecule has 2 aromatic rings. The summed E-state index contributed by atoms with van der Waals surface area (Å²) in [6, 6.07) is 5.50. The maximum atomic E-state index is 12.0. The number of hydrogen-bond donors (Lipinski definition) is 1. The Kier molecular flexibility index (Phi) is 3.67. The average Bonchev–Trinajstić information content (AvgIpc) is 2.40. The molecule has 2 rings (SSSR count). The van der Waals surface area contributed by atoms with Crippen molar-refractivity contribution in [1.82, 2.24) is 15.3 Å². The zero-order chi connectivity index (χ0) is 13.0. The van der Waals surface area contributed by atoms with E-state index >= 15 is 0 Å². The first-order chi connectivity index (χ1) is 8.68. The molecule has 0 fully saturated rings. The third-order valence-electron chi connectivity index (χ3n) is 2.90. The van der Waals surface area contributed by atoms with Gasteiger partial charge >= 0.3 is 0 Å². The molecule has 2 aromatic heterocycles. The molecule has 0 spiro atoms. The van der Waals surface area contributed by atoms with Gasteiger partial charge in [0.05, 0.1) is 0 Å². The molecule has 4 heteroatoms. The van der Waals surface area contributed by atoms with Crippen LogP contribution in [0, 0.1) is 13.8 Å². The zero-order valence-electron chi connectivity index (χ0n) is 10.5. The van der Waals surface area contributed by atoms with Gasteiger partial charge in [0.1, 0.15) is 0 Å². The Balaban J connectivity index is 2.07. The highest BCUT2D eigenvalue weighted by Crippen LogP contribution is 2.10. The Bertz CT molecular complexity index is 552. The summed E-state index contributed by atoms with van der Waals surface area (Å²) < 4.78 is 0. The van der Waals surface area contributed by atoms with E-state index in [1.54, 1.807) is 24.7 Å². The summed E-state index contributed by atoms with van der Waals surface area (Å²) in [4.78, 5) is 20.1. The minimum Gasteiger partial charge on any atom is -0.348 e. The van der Waals surface area contributed by atoms with Crippen molar-refractivity contribution in [2.75, 3.05) is 0 Å². The predicted octanol–water partition coefficient (Wildman–Crippen LogP) is 2.02. The third-order valence-corrected chi connectivity index (χ3v) is 2.90. The highest BCUT2D eigenvalue weighted by Gasteiger charge is 2.10. The van der Waals surface area contributed by atoms with Gasteiger partial charge in [-0.25, -0.2) is 0 Å². The lowest BCUT2D eigenvalue weighted by atomic mass is 10.1. The minimum absolute atomic E-state index is 0.0742. The maximum Gasteiger partial charge on any atom is 0.251 e. The molecule has 0 radical (unpaired) electrons. The van der Waals surface area contributed by atoms with E-state index in [1.165, 1.54) is 0 Å². The van der Waals surface area contributed by atoms with Crippen LogP contribution in [0.1, 0.15) is 27.2 Å². The standard InChI is InChI=1S/C14H15N3O/c1-10-11(2)16-8-5-13(10)14(18)17-9-12-3-6-15-7-4-12/h3-8H,9H2,1-2H3,(H,17,18). The third kappa shape index (κ3) is 2.71. The summed E-state index contributed by atoms with van der Waals surface area (Å²) >= 11 is 0. The summed E-state index contributed by atoms with van der Waals surface area (Å²) in [6.45, 7) is 4.31. The first-order valence-electron chi connectivity index (χ1n) is 5.78. The van der Waals surface area contributed by atoms with Crippen LogP contribution in [0.4, 0.5) is 0 Å². The molecule has 0 saturated heterocycles. The van der Waals surface area contributed by atoms with E-state index in [-0.39, 0.29) is 5.91 Å². The largest absolute Gasteiger partial charge is 0.348 e. The van der Waals surface area contributed by atoms with Crippen molar-refractivity contribution in [3.63, 3.8) is 0 Å². The van der Waals surface area contributed by atoms with Crippen molar-refractivity contribution in [1.29, 1.82) is 0 Å². The van der Waals surface area contributed by atoms with Crippen molar-refractivity contribution in [3.8, 4) is 0 Å². The molecule has 2 heterocycles. The molecule has 0 aliphatic rings. The Morgan fingerprint density at radius 1 is 1.17 bits per heavy atom. The number of nitrogens with one attached hydrogen (secondary N) is 1. The molecule has 4 nitrogen and oxygen atoms in total. The average molecular weight is 241 g/mol. The molecule has 0 bridgehead atoms. The smallest absolute Gasteiger partial charge is 0.251 e. The topological polar surface area (TPSA) is 54.9 Å². The monoisotopic (exact) mass is 241 g/mol. The number of aryl methyl sites for hydroxylation is 1. The number of nitrogens with zero attached hydrogens (tertiary/aromatic N) is 2. The van der Waals surface area contributed by atoms with Crippen LogP contribution in [-0.4, -0.2) is 15.9 Å². The number of amides is 1. The SMILES string of the molecule is Cc1nccc(C(=O)NCc2ccncc2)c1C. The molecule has 0 atom stereocenters. The molecule has 1 N–H and O–H groups in total. The molecule has 18 heavy (non-hydrogen) atoms. The molecular formula is C14H15N3O. The zero-order valence-corrected chi connectivity index (χ0v) is 10.5. The maximum absolute atomic E-state index is 12.0. The van der Waals surface area contributed by atoms with E-state index in [1.807, 2.05) is 26.0 Å². The van der Waals surface area contributed by atoms with Crippen LogP contribution in [-0.2, 0) is 6.54 Å². The van der Waals surface area contributed by atoms with Gasteiger partial charge in [-0.15, -0.1) is 0 Å². The Morgan fingerprint density at radius 2 is 1.89 bits per heavy atom. The van der Waals surface area contributed by atoms with Crippen molar-refractivity contribution in [2.24, 2.45) is 0 Å². The number of carbonyl (C=O) groups is 1. The molecule has 92 valence electrons. The Hall–Kier alpha value is -2.23. The lowest BCUT2D eigenvalue weighted by Crippen LogP contribution is -2.24. The Morgan fingerprint density at radius 3 is 2.61 bits per heavy atom. The van der Waals surface area contributed by atoms with Crippen molar-refractivity contribution < 1.29 is 4.79 Å². The normalized spacial score (nSPS) is 10.1. The number of pyridine rings is 2. The number of aromatic nitrogens is 2. The summed E-state index contributed by atoms with van der Waals surface area (Å²) in [5, 5.41) is 2.89. The fourth-order valence-electron chi connectivity index (χ4n) is 1.66. The molecule has 0 aromatic carbocycles. The van der Waals surface area contributed by atoms with E-state index in [0.29, 0.717) is 12.1 Å². The molecule has 0 aliphatic carbocycles. The number of rotatable bonds is 3. The van der Waals surface area contributed by atoms with E-state index < -0.39 is 0 Å². The molecule has 1 amide bonds. The first kappa shape index (κ1) is 12.2. The van der Waals surface area contributed by atoms with Gasteiger partial charge in [-0.1, -0.05) is 0 Å². The van der Waals surface area contributed by atoms with E-state index in [9.17, 15) is 4.79 Å².